The summed E-state index contributed by atoms with van der Waals surface area (Å²) < 4.78 is 15.6. The molecule has 0 atom stereocenters. The molecule has 0 aromatic heterocycles. The van der Waals surface area contributed by atoms with E-state index in [0.717, 1.165) is 24.8 Å². The smallest absolute Gasteiger partial charge is 0.344 e. The topological polar surface area (TPSA) is 73.9 Å². The standard InChI is InChI=1S/C21H22ClNO5/c1-13-8-18(19(26-2)10-17(13)22)23-20(24)11-28-21(25)12-27-16-7-6-14-4-3-5-15(14)9-16/h6-10H,3-5,11-12H2,1-2H3,(H,23,24). The number of amides is 1. The number of rotatable bonds is 7. The molecule has 28 heavy (non-hydrogen) atoms. The molecule has 2 aromatic rings. The fourth-order valence-corrected chi connectivity index (χ4v) is 3.24. The van der Waals surface area contributed by atoms with E-state index in [9.17, 15) is 9.59 Å². The van der Waals surface area contributed by atoms with Crippen LogP contribution in [0.2, 0.25) is 5.02 Å². The van der Waals surface area contributed by atoms with Gasteiger partial charge in [0.25, 0.3) is 5.91 Å². The number of fused-ring (bicyclic) bond motifs is 1. The van der Waals surface area contributed by atoms with Crippen molar-refractivity contribution >= 4 is 29.2 Å². The number of ether oxygens (including phenoxy) is 3. The second-order valence-electron chi connectivity index (χ2n) is 6.58. The van der Waals surface area contributed by atoms with Crippen LogP contribution in [0.4, 0.5) is 5.69 Å². The van der Waals surface area contributed by atoms with Crippen molar-refractivity contribution < 1.29 is 23.8 Å². The average Bonchev–Trinajstić information content (AvgIpc) is 3.15. The molecule has 148 valence electrons. The molecule has 0 spiro atoms. The van der Waals surface area contributed by atoms with Crippen LogP contribution < -0.4 is 14.8 Å². The zero-order valence-corrected chi connectivity index (χ0v) is 16.6. The second-order valence-corrected chi connectivity index (χ2v) is 6.99. The van der Waals surface area contributed by atoms with E-state index in [1.165, 1.54) is 18.2 Å². The zero-order valence-electron chi connectivity index (χ0n) is 15.8. The first-order chi connectivity index (χ1) is 13.5. The Morgan fingerprint density at radius 1 is 1.11 bits per heavy atom. The number of carbonyl (C=O) groups excluding carboxylic acids is 2. The van der Waals surface area contributed by atoms with Gasteiger partial charge in [-0.3, -0.25) is 4.79 Å². The normalized spacial score (nSPS) is 12.2. The van der Waals surface area contributed by atoms with Crippen LogP contribution in [-0.4, -0.2) is 32.2 Å². The van der Waals surface area contributed by atoms with E-state index in [4.69, 9.17) is 25.8 Å². The summed E-state index contributed by atoms with van der Waals surface area (Å²) in [6, 6.07) is 9.13. The number of anilines is 1. The average molecular weight is 404 g/mol. The summed E-state index contributed by atoms with van der Waals surface area (Å²) >= 11 is 6.04. The fourth-order valence-electron chi connectivity index (χ4n) is 3.08. The highest BCUT2D eigenvalue weighted by Crippen LogP contribution is 2.31. The lowest BCUT2D eigenvalue weighted by Gasteiger charge is -2.12. The summed E-state index contributed by atoms with van der Waals surface area (Å²) in [5.41, 5.74) is 3.84. The molecule has 3 rings (SSSR count). The molecular weight excluding hydrogens is 382 g/mol. The Morgan fingerprint density at radius 3 is 2.68 bits per heavy atom. The minimum atomic E-state index is -0.616. The molecule has 0 fully saturated rings. The summed E-state index contributed by atoms with van der Waals surface area (Å²) in [7, 11) is 1.48. The number of methoxy groups -OCH3 is 1. The summed E-state index contributed by atoms with van der Waals surface area (Å²) in [6.07, 6.45) is 3.27. The highest BCUT2D eigenvalue weighted by atomic mass is 35.5. The van der Waals surface area contributed by atoms with Crippen LogP contribution in [0.15, 0.2) is 30.3 Å². The van der Waals surface area contributed by atoms with E-state index in [1.807, 2.05) is 25.1 Å². The van der Waals surface area contributed by atoms with Gasteiger partial charge >= 0.3 is 5.97 Å². The Labute approximate surface area is 168 Å². The van der Waals surface area contributed by atoms with Gasteiger partial charge in [0.15, 0.2) is 13.2 Å². The van der Waals surface area contributed by atoms with Crippen LogP contribution in [0, 0.1) is 6.92 Å². The molecule has 7 heteroatoms. The van der Waals surface area contributed by atoms with E-state index < -0.39 is 18.5 Å². The largest absolute Gasteiger partial charge is 0.495 e. The Morgan fingerprint density at radius 2 is 1.89 bits per heavy atom. The third-order valence-electron chi connectivity index (χ3n) is 4.55. The lowest BCUT2D eigenvalue weighted by atomic mass is 10.1. The number of hydrogen-bond donors (Lipinski definition) is 1. The lowest BCUT2D eigenvalue weighted by Crippen LogP contribution is -2.24. The third-order valence-corrected chi connectivity index (χ3v) is 4.95. The highest BCUT2D eigenvalue weighted by Gasteiger charge is 2.14. The van der Waals surface area contributed by atoms with Crippen LogP contribution in [0.25, 0.3) is 0 Å². The van der Waals surface area contributed by atoms with Gasteiger partial charge < -0.3 is 19.5 Å². The Balaban J connectivity index is 1.47. The van der Waals surface area contributed by atoms with Crippen LogP contribution in [0.3, 0.4) is 0 Å². The summed E-state index contributed by atoms with van der Waals surface area (Å²) in [5.74, 6) is -0.0422. The van der Waals surface area contributed by atoms with E-state index in [0.29, 0.717) is 22.2 Å². The molecule has 1 N–H and O–H groups in total. The first kappa shape index (κ1) is 20.0. The SMILES string of the molecule is COc1cc(Cl)c(C)cc1NC(=O)COC(=O)COc1ccc2c(c1)CCC2. The van der Waals surface area contributed by atoms with Crippen LogP contribution >= 0.6 is 11.6 Å². The van der Waals surface area contributed by atoms with Crippen molar-refractivity contribution in [3.8, 4) is 11.5 Å². The van der Waals surface area contributed by atoms with E-state index in [2.05, 4.69) is 5.32 Å². The molecule has 1 aliphatic rings. The number of carbonyl (C=O) groups is 2. The third kappa shape index (κ3) is 4.95. The maximum Gasteiger partial charge on any atom is 0.344 e. The summed E-state index contributed by atoms with van der Waals surface area (Å²) in [5, 5.41) is 3.18. The Hall–Kier alpha value is -2.73. The molecule has 0 heterocycles. The maximum absolute atomic E-state index is 12.1. The minimum Gasteiger partial charge on any atom is -0.495 e. The minimum absolute atomic E-state index is 0.255. The first-order valence-electron chi connectivity index (χ1n) is 9.00. The van der Waals surface area contributed by atoms with E-state index in [-0.39, 0.29) is 6.61 Å². The van der Waals surface area contributed by atoms with Gasteiger partial charge in [-0.2, -0.15) is 0 Å². The van der Waals surface area contributed by atoms with Crippen molar-refractivity contribution in [3.05, 3.63) is 52.0 Å². The van der Waals surface area contributed by atoms with E-state index >= 15 is 0 Å². The van der Waals surface area contributed by atoms with Gasteiger partial charge in [0.2, 0.25) is 0 Å². The van der Waals surface area contributed by atoms with E-state index in [1.54, 1.807) is 12.1 Å². The molecule has 1 amide bonds. The van der Waals surface area contributed by atoms with Gasteiger partial charge in [0, 0.05) is 11.1 Å². The maximum atomic E-state index is 12.1. The predicted molar refractivity (Wildman–Crippen MR) is 106 cm³/mol. The van der Waals surface area contributed by atoms with Crippen LogP contribution in [0.1, 0.15) is 23.1 Å². The van der Waals surface area contributed by atoms with Crippen molar-refractivity contribution in [2.24, 2.45) is 0 Å². The molecule has 0 radical (unpaired) electrons. The van der Waals surface area contributed by atoms with Gasteiger partial charge in [0.05, 0.1) is 12.8 Å². The van der Waals surface area contributed by atoms with Gasteiger partial charge in [-0.1, -0.05) is 17.7 Å². The second kappa shape index (κ2) is 8.97. The monoisotopic (exact) mass is 403 g/mol. The number of halogens is 1. The molecule has 6 nitrogen and oxygen atoms in total. The highest BCUT2D eigenvalue weighted by molar-refractivity contribution is 6.31. The molecule has 0 unspecified atom stereocenters. The molecule has 0 saturated carbocycles. The molecule has 0 aliphatic heterocycles. The van der Waals surface area contributed by atoms with Crippen LogP contribution in [-0.2, 0) is 27.2 Å². The Kier molecular flexibility index (Phi) is 6.41. The Bertz CT molecular complexity index is 897. The van der Waals surface area contributed by atoms with Crippen molar-refractivity contribution in [3.63, 3.8) is 0 Å². The lowest BCUT2D eigenvalue weighted by molar-refractivity contribution is -0.149. The fraction of sp³-hybridized carbons (Fsp3) is 0.333. The van der Waals surface area contributed by atoms with Crippen molar-refractivity contribution in [2.75, 3.05) is 25.6 Å². The quantitative estimate of drug-likeness (QED) is 0.713. The van der Waals surface area contributed by atoms with Crippen molar-refractivity contribution in [2.45, 2.75) is 26.2 Å². The predicted octanol–water partition coefficient (Wildman–Crippen LogP) is 3.71. The number of benzene rings is 2. The number of aryl methyl sites for hydroxylation is 3. The molecule has 0 saturated heterocycles. The van der Waals surface area contributed by atoms with Crippen molar-refractivity contribution in [1.82, 2.24) is 0 Å². The van der Waals surface area contributed by atoms with Gasteiger partial charge in [-0.05, 0) is 61.1 Å². The summed E-state index contributed by atoms with van der Waals surface area (Å²) in [6.45, 7) is 1.14. The molecule has 1 aliphatic carbocycles. The molecule has 2 aromatic carbocycles. The van der Waals surface area contributed by atoms with Crippen LogP contribution in [0.5, 0.6) is 11.5 Å². The number of hydrogen-bond acceptors (Lipinski definition) is 5. The van der Waals surface area contributed by atoms with Gasteiger partial charge in [-0.25, -0.2) is 4.79 Å². The number of nitrogens with one attached hydrogen (secondary N) is 1. The first-order valence-corrected chi connectivity index (χ1v) is 9.38. The summed E-state index contributed by atoms with van der Waals surface area (Å²) in [4.78, 5) is 23.9. The number of esters is 1. The zero-order chi connectivity index (χ0) is 20.1. The molecular formula is C21H22ClNO5. The molecule has 0 bridgehead atoms. The van der Waals surface area contributed by atoms with Gasteiger partial charge in [-0.15, -0.1) is 0 Å². The van der Waals surface area contributed by atoms with Gasteiger partial charge in [0.1, 0.15) is 11.5 Å². The van der Waals surface area contributed by atoms with Crippen molar-refractivity contribution in [1.29, 1.82) is 0 Å².